The molecule has 0 aromatic heterocycles. The minimum absolute atomic E-state index is 0.190. The highest BCUT2D eigenvalue weighted by molar-refractivity contribution is 7.92. The van der Waals surface area contributed by atoms with Gasteiger partial charge >= 0.3 is 0 Å². The van der Waals surface area contributed by atoms with Gasteiger partial charge in [0, 0.05) is 5.56 Å². The van der Waals surface area contributed by atoms with Crippen LogP contribution in [0.3, 0.4) is 0 Å². The molecule has 4 aromatic rings. The van der Waals surface area contributed by atoms with Crippen molar-refractivity contribution in [2.45, 2.75) is 20.1 Å². The molecule has 0 fully saturated rings. The van der Waals surface area contributed by atoms with E-state index in [1.54, 1.807) is 36.4 Å². The predicted molar refractivity (Wildman–Crippen MR) is 157 cm³/mol. The number of anilines is 1. The van der Waals surface area contributed by atoms with Crippen molar-refractivity contribution in [3.63, 3.8) is 0 Å². The van der Waals surface area contributed by atoms with Crippen LogP contribution < -0.4 is 19.2 Å². The van der Waals surface area contributed by atoms with E-state index in [1.807, 2.05) is 73.7 Å². The highest BCUT2D eigenvalue weighted by atomic mass is 32.2. The van der Waals surface area contributed by atoms with E-state index >= 15 is 0 Å². The molecule has 0 radical (unpaired) electrons. The van der Waals surface area contributed by atoms with E-state index in [4.69, 9.17) is 9.47 Å². The number of nitrogens with one attached hydrogen (secondary N) is 1. The molecule has 4 rings (SSSR count). The Morgan fingerprint density at radius 1 is 0.850 bits per heavy atom. The maximum absolute atomic E-state index is 12.6. The Morgan fingerprint density at radius 3 is 2.12 bits per heavy atom. The Labute approximate surface area is 234 Å². The van der Waals surface area contributed by atoms with Gasteiger partial charge in [0.1, 0.15) is 6.61 Å². The molecule has 0 aliphatic heterocycles. The maximum atomic E-state index is 12.6. The van der Waals surface area contributed by atoms with Crippen molar-refractivity contribution >= 4 is 27.8 Å². The summed E-state index contributed by atoms with van der Waals surface area (Å²) in [6.07, 6.45) is 2.67. The second-order valence-electron chi connectivity index (χ2n) is 8.91. The Bertz CT molecular complexity index is 1540. The fraction of sp³-hybridized carbons (Fsp3) is 0.161. The van der Waals surface area contributed by atoms with Gasteiger partial charge in [-0.2, -0.15) is 5.10 Å². The number of ether oxygens (including phenoxy) is 2. The lowest BCUT2D eigenvalue weighted by Gasteiger charge is -2.22. The lowest BCUT2D eigenvalue weighted by Crippen LogP contribution is -2.29. The van der Waals surface area contributed by atoms with Crippen LogP contribution in [0.15, 0.2) is 108 Å². The van der Waals surface area contributed by atoms with Crippen LogP contribution in [0.2, 0.25) is 0 Å². The predicted octanol–water partition coefficient (Wildman–Crippen LogP) is 5.39. The van der Waals surface area contributed by atoms with E-state index in [0.29, 0.717) is 36.0 Å². The standard InChI is InChI=1S/C31H31N3O5S/c1-3-38-30-20-26(14-19-29(30)39-23-25-12-8-5-9-13-25)21-32-33-31(35)27-15-17-28(18-16-27)34(40(2,36)37)22-24-10-6-4-7-11-24/h4-21H,3,22-23H2,1-2H3,(H,33,35)/b32-21-. The first kappa shape index (κ1) is 28.4. The minimum Gasteiger partial charge on any atom is -0.490 e. The number of rotatable bonds is 12. The van der Waals surface area contributed by atoms with E-state index in [0.717, 1.165) is 22.9 Å². The average molecular weight is 558 g/mol. The Balaban J connectivity index is 1.39. The Hall–Kier alpha value is -4.63. The first-order chi connectivity index (χ1) is 19.3. The molecule has 0 unspecified atom stereocenters. The highest BCUT2D eigenvalue weighted by Gasteiger charge is 2.18. The molecule has 1 N–H and O–H groups in total. The second kappa shape index (κ2) is 13.4. The van der Waals surface area contributed by atoms with E-state index in [1.165, 1.54) is 10.5 Å². The third-order valence-corrected chi connectivity index (χ3v) is 7.01. The smallest absolute Gasteiger partial charge is 0.271 e. The fourth-order valence-corrected chi connectivity index (χ4v) is 4.77. The molecule has 0 saturated heterocycles. The van der Waals surface area contributed by atoms with Crippen LogP contribution in [0.25, 0.3) is 0 Å². The molecule has 0 bridgehead atoms. The van der Waals surface area contributed by atoms with Crippen molar-refractivity contribution in [1.29, 1.82) is 0 Å². The van der Waals surface area contributed by atoms with Crippen LogP contribution in [0.4, 0.5) is 5.69 Å². The van der Waals surface area contributed by atoms with Crippen LogP contribution in [0.5, 0.6) is 11.5 Å². The summed E-state index contributed by atoms with van der Waals surface area (Å²) in [5, 5.41) is 4.07. The molecule has 0 spiro atoms. The number of hydrogen-bond donors (Lipinski definition) is 1. The molecule has 0 atom stereocenters. The van der Waals surface area contributed by atoms with Crippen LogP contribution in [-0.4, -0.2) is 33.4 Å². The van der Waals surface area contributed by atoms with Crippen molar-refractivity contribution in [3.05, 3.63) is 125 Å². The molecule has 4 aromatic carbocycles. The molecule has 206 valence electrons. The zero-order valence-corrected chi connectivity index (χ0v) is 23.2. The molecule has 0 saturated carbocycles. The lowest BCUT2D eigenvalue weighted by molar-refractivity contribution is 0.0955. The van der Waals surface area contributed by atoms with Gasteiger partial charge in [-0.05, 0) is 66.1 Å². The average Bonchev–Trinajstić information content (AvgIpc) is 2.96. The Kier molecular flexibility index (Phi) is 9.53. The second-order valence-corrected chi connectivity index (χ2v) is 10.8. The van der Waals surface area contributed by atoms with Gasteiger partial charge < -0.3 is 9.47 Å². The van der Waals surface area contributed by atoms with E-state index in [9.17, 15) is 13.2 Å². The summed E-state index contributed by atoms with van der Waals surface area (Å²) < 4.78 is 37.8. The number of benzene rings is 4. The zero-order chi connectivity index (χ0) is 28.4. The van der Waals surface area contributed by atoms with Gasteiger partial charge in [0.05, 0.1) is 31.3 Å². The van der Waals surface area contributed by atoms with Gasteiger partial charge in [0.2, 0.25) is 10.0 Å². The summed E-state index contributed by atoms with van der Waals surface area (Å²) in [7, 11) is -3.53. The van der Waals surface area contributed by atoms with E-state index < -0.39 is 15.9 Å². The molecule has 9 heteroatoms. The number of hydrogen-bond acceptors (Lipinski definition) is 6. The maximum Gasteiger partial charge on any atom is 0.271 e. The molecule has 40 heavy (non-hydrogen) atoms. The molecular formula is C31H31N3O5S. The van der Waals surface area contributed by atoms with Gasteiger partial charge in [0.15, 0.2) is 11.5 Å². The van der Waals surface area contributed by atoms with Crippen molar-refractivity contribution in [1.82, 2.24) is 5.43 Å². The SMILES string of the molecule is CCOc1cc(/C=N\NC(=O)c2ccc(N(Cc3ccccc3)S(C)(=O)=O)cc2)ccc1OCc1ccccc1. The van der Waals surface area contributed by atoms with Gasteiger partial charge in [-0.15, -0.1) is 0 Å². The van der Waals surface area contributed by atoms with Crippen LogP contribution in [0.1, 0.15) is 34.0 Å². The molecule has 8 nitrogen and oxygen atoms in total. The number of sulfonamides is 1. The van der Waals surface area contributed by atoms with Crippen molar-refractivity contribution in [2.24, 2.45) is 5.10 Å². The molecule has 1 amide bonds. The number of amides is 1. The third-order valence-electron chi connectivity index (χ3n) is 5.87. The van der Waals surface area contributed by atoms with Crippen molar-refractivity contribution in [3.8, 4) is 11.5 Å². The molecule has 0 aliphatic carbocycles. The fourth-order valence-electron chi connectivity index (χ4n) is 3.89. The number of carbonyl (C=O) groups is 1. The number of hydrazone groups is 1. The number of carbonyl (C=O) groups excluding carboxylic acids is 1. The largest absolute Gasteiger partial charge is 0.490 e. The van der Waals surface area contributed by atoms with Crippen molar-refractivity contribution in [2.75, 3.05) is 17.2 Å². The lowest BCUT2D eigenvalue weighted by atomic mass is 10.2. The number of nitrogens with zero attached hydrogens (tertiary/aromatic N) is 2. The molecular weight excluding hydrogens is 526 g/mol. The monoisotopic (exact) mass is 557 g/mol. The van der Waals surface area contributed by atoms with Crippen molar-refractivity contribution < 1.29 is 22.7 Å². The van der Waals surface area contributed by atoms with Gasteiger partial charge in [0.25, 0.3) is 5.91 Å². The summed E-state index contributed by atoms with van der Waals surface area (Å²) in [5.41, 5.74) is 5.93. The van der Waals surface area contributed by atoms with Crippen LogP contribution >= 0.6 is 0 Å². The van der Waals surface area contributed by atoms with Gasteiger partial charge in [-0.3, -0.25) is 9.10 Å². The van der Waals surface area contributed by atoms with Crippen LogP contribution in [-0.2, 0) is 23.2 Å². The minimum atomic E-state index is -3.53. The van der Waals surface area contributed by atoms with E-state index in [2.05, 4.69) is 10.5 Å². The first-order valence-corrected chi connectivity index (χ1v) is 14.6. The summed E-state index contributed by atoms with van der Waals surface area (Å²) in [6.45, 7) is 2.97. The topological polar surface area (TPSA) is 97.3 Å². The first-order valence-electron chi connectivity index (χ1n) is 12.7. The summed E-state index contributed by atoms with van der Waals surface area (Å²) in [5.74, 6) is 0.766. The van der Waals surface area contributed by atoms with Gasteiger partial charge in [-0.1, -0.05) is 60.7 Å². The molecule has 0 heterocycles. The molecule has 0 aliphatic rings. The Morgan fingerprint density at radius 2 is 1.50 bits per heavy atom. The third kappa shape index (κ3) is 7.94. The summed E-state index contributed by atoms with van der Waals surface area (Å²) >= 11 is 0. The van der Waals surface area contributed by atoms with Crippen LogP contribution in [0, 0.1) is 0 Å². The normalized spacial score (nSPS) is 11.2. The van der Waals surface area contributed by atoms with Gasteiger partial charge in [-0.25, -0.2) is 13.8 Å². The summed E-state index contributed by atoms with van der Waals surface area (Å²) in [4.78, 5) is 12.6. The summed E-state index contributed by atoms with van der Waals surface area (Å²) in [6, 6.07) is 30.9. The highest BCUT2D eigenvalue weighted by Crippen LogP contribution is 2.29. The zero-order valence-electron chi connectivity index (χ0n) is 22.4. The quantitative estimate of drug-likeness (QED) is 0.186. The van der Waals surface area contributed by atoms with E-state index in [-0.39, 0.29) is 6.54 Å².